The van der Waals surface area contributed by atoms with E-state index in [1.54, 1.807) is 22.3 Å². The van der Waals surface area contributed by atoms with Gasteiger partial charge in [0.1, 0.15) is 0 Å². The Morgan fingerprint density at radius 2 is 1.42 bits per heavy atom. The third kappa shape index (κ3) is 3.14. The van der Waals surface area contributed by atoms with Crippen LogP contribution in [0, 0.1) is 45.8 Å². The van der Waals surface area contributed by atoms with Crippen molar-refractivity contribution in [1.29, 1.82) is 0 Å². The lowest BCUT2D eigenvalue weighted by Crippen LogP contribution is -2.72. The Labute approximate surface area is 261 Å². The first-order valence-corrected chi connectivity index (χ1v) is 16.8. The lowest BCUT2D eigenvalue weighted by Gasteiger charge is -2.78. The zero-order valence-electron chi connectivity index (χ0n) is 28.4. The highest BCUT2D eigenvalue weighted by molar-refractivity contribution is 5.92. The summed E-state index contributed by atoms with van der Waals surface area (Å²) in [7, 11) is 0. The van der Waals surface area contributed by atoms with E-state index in [9.17, 15) is 0 Å². The highest BCUT2D eigenvalue weighted by atomic mass is 14.8. The molecule has 0 heterocycles. The summed E-state index contributed by atoms with van der Waals surface area (Å²) in [6.07, 6.45) is 18.0. The number of hydrogen-bond donors (Lipinski definition) is 0. The molecule has 2 aromatic rings. The van der Waals surface area contributed by atoms with Gasteiger partial charge in [-0.1, -0.05) is 158 Å². The molecule has 43 heavy (non-hydrogen) atoms. The molecule has 5 aliphatic rings. The van der Waals surface area contributed by atoms with E-state index in [1.165, 1.54) is 35.1 Å². The van der Waals surface area contributed by atoms with Gasteiger partial charge in [0.15, 0.2) is 0 Å². The van der Waals surface area contributed by atoms with Gasteiger partial charge in [-0.15, -0.1) is 0 Å². The van der Waals surface area contributed by atoms with Gasteiger partial charge in [0.2, 0.25) is 0 Å². The van der Waals surface area contributed by atoms with Crippen LogP contribution in [0.4, 0.5) is 0 Å². The second-order valence-electron chi connectivity index (χ2n) is 16.6. The minimum Gasteiger partial charge on any atom is -0.0842 e. The van der Waals surface area contributed by atoms with E-state index >= 15 is 0 Å². The predicted octanol–water partition coefficient (Wildman–Crippen LogP) is 11.4. The van der Waals surface area contributed by atoms with E-state index in [0.29, 0.717) is 11.8 Å². The quantitative estimate of drug-likeness (QED) is 0.345. The molecule has 4 unspecified atom stereocenters. The predicted molar refractivity (Wildman–Crippen MR) is 184 cm³/mol. The molecule has 0 heteroatoms. The Balaban J connectivity index is 1.68. The topological polar surface area (TPSA) is 0 Å². The Morgan fingerprint density at radius 1 is 0.767 bits per heavy atom. The normalized spacial score (nSPS) is 32.7. The van der Waals surface area contributed by atoms with Crippen LogP contribution in [0.1, 0.15) is 97.4 Å². The number of fused-ring (bicyclic) bond motifs is 6. The number of allylic oxidation sites excluding steroid dienone is 10. The number of benzene rings is 2. The summed E-state index contributed by atoms with van der Waals surface area (Å²) in [5, 5.41) is 0. The molecule has 0 saturated heterocycles. The Morgan fingerprint density at radius 3 is 2.09 bits per heavy atom. The van der Waals surface area contributed by atoms with Crippen LogP contribution in [0.3, 0.4) is 0 Å². The smallest absolute Gasteiger partial charge is 0.0119 e. The van der Waals surface area contributed by atoms with Crippen LogP contribution >= 0.6 is 0 Å². The minimum absolute atomic E-state index is 0.000268. The SMILES string of the molecule is Cc1ccc(C(C)(C2C=CC=C2)C2(C)C3=C4Cc5ccccc5C4=C4C=CCCC4C3(C)C(C)(C)C(C)(C)C2(C)C)cc1. The molecule has 0 nitrogen and oxygen atoms in total. The van der Waals surface area contributed by atoms with Crippen molar-refractivity contribution in [3.8, 4) is 0 Å². The lowest BCUT2D eigenvalue weighted by atomic mass is 9.25. The van der Waals surface area contributed by atoms with Gasteiger partial charge in [-0.3, -0.25) is 0 Å². The van der Waals surface area contributed by atoms with E-state index < -0.39 is 0 Å². The van der Waals surface area contributed by atoms with E-state index in [-0.39, 0.29) is 32.5 Å². The maximum atomic E-state index is 2.72. The Hall–Kier alpha value is -2.86. The van der Waals surface area contributed by atoms with Gasteiger partial charge in [0.05, 0.1) is 0 Å². The lowest BCUT2D eigenvalue weighted by molar-refractivity contribution is -0.215. The summed E-state index contributed by atoms with van der Waals surface area (Å²) in [4.78, 5) is 0. The largest absolute Gasteiger partial charge is 0.0842 e. The molecule has 0 bridgehead atoms. The highest BCUT2D eigenvalue weighted by Gasteiger charge is 2.76. The molecule has 0 radical (unpaired) electrons. The first-order chi connectivity index (χ1) is 20.2. The van der Waals surface area contributed by atoms with Gasteiger partial charge < -0.3 is 0 Å². The second kappa shape index (κ2) is 8.87. The van der Waals surface area contributed by atoms with Crippen LogP contribution < -0.4 is 0 Å². The molecular weight excluding hydrogens is 516 g/mol. The van der Waals surface area contributed by atoms with E-state index in [0.717, 1.165) is 6.42 Å². The maximum absolute atomic E-state index is 2.72. The zero-order chi connectivity index (χ0) is 30.8. The fraction of sp³-hybridized carbons (Fsp3) is 0.488. The monoisotopic (exact) mass is 568 g/mol. The van der Waals surface area contributed by atoms with Crippen molar-refractivity contribution < 1.29 is 0 Å². The van der Waals surface area contributed by atoms with Crippen molar-refractivity contribution >= 4 is 5.57 Å². The van der Waals surface area contributed by atoms with Crippen LogP contribution in [-0.2, 0) is 11.8 Å². The Bertz CT molecular complexity index is 1650. The average molecular weight is 569 g/mol. The molecule has 1 fully saturated rings. The second-order valence-corrected chi connectivity index (χ2v) is 16.6. The van der Waals surface area contributed by atoms with Crippen molar-refractivity contribution in [2.45, 2.75) is 93.9 Å². The van der Waals surface area contributed by atoms with Crippen LogP contribution in [0.2, 0.25) is 0 Å². The van der Waals surface area contributed by atoms with E-state index in [2.05, 4.69) is 154 Å². The fourth-order valence-corrected chi connectivity index (χ4v) is 11.4. The summed E-state index contributed by atoms with van der Waals surface area (Å²) in [6.45, 7) is 26.1. The van der Waals surface area contributed by atoms with Crippen LogP contribution in [0.5, 0.6) is 0 Å². The van der Waals surface area contributed by atoms with Crippen LogP contribution in [0.15, 0.2) is 102 Å². The number of hydrogen-bond acceptors (Lipinski definition) is 0. The van der Waals surface area contributed by atoms with E-state index in [1.807, 2.05) is 0 Å². The van der Waals surface area contributed by atoms with Crippen molar-refractivity contribution in [1.82, 2.24) is 0 Å². The molecule has 1 saturated carbocycles. The van der Waals surface area contributed by atoms with Crippen LogP contribution in [-0.4, -0.2) is 0 Å². The Kier molecular flexibility index (Phi) is 5.95. The van der Waals surface area contributed by atoms with Crippen LogP contribution in [0.25, 0.3) is 5.57 Å². The van der Waals surface area contributed by atoms with Crippen molar-refractivity contribution in [3.63, 3.8) is 0 Å². The van der Waals surface area contributed by atoms with Gasteiger partial charge in [-0.05, 0) is 81.8 Å². The summed E-state index contributed by atoms with van der Waals surface area (Å²) < 4.78 is 0. The minimum atomic E-state index is -0.160. The third-order valence-electron chi connectivity index (χ3n) is 15.3. The summed E-state index contributed by atoms with van der Waals surface area (Å²) in [5.74, 6) is 0.816. The molecule has 5 aliphatic carbocycles. The van der Waals surface area contributed by atoms with Gasteiger partial charge in [0.25, 0.3) is 0 Å². The first kappa shape index (κ1) is 28.9. The summed E-state index contributed by atoms with van der Waals surface area (Å²) >= 11 is 0. The average Bonchev–Trinajstić information content (AvgIpc) is 3.65. The van der Waals surface area contributed by atoms with Crippen molar-refractivity contribution in [2.24, 2.45) is 38.9 Å². The molecule has 0 N–H and O–H groups in total. The van der Waals surface area contributed by atoms with Gasteiger partial charge in [0, 0.05) is 22.2 Å². The molecular formula is C43H52. The molecule has 0 aliphatic heterocycles. The highest BCUT2D eigenvalue weighted by Crippen LogP contribution is 2.82. The van der Waals surface area contributed by atoms with Crippen molar-refractivity contribution in [2.75, 3.05) is 0 Å². The molecule has 0 aromatic heterocycles. The van der Waals surface area contributed by atoms with Gasteiger partial charge in [-0.2, -0.15) is 0 Å². The number of aryl methyl sites for hydroxylation is 1. The first-order valence-electron chi connectivity index (χ1n) is 16.8. The third-order valence-corrected chi connectivity index (χ3v) is 15.3. The zero-order valence-corrected chi connectivity index (χ0v) is 28.4. The summed E-state index contributed by atoms with van der Waals surface area (Å²) in [5.41, 5.74) is 12.1. The molecule has 2 aromatic carbocycles. The number of rotatable bonds is 3. The van der Waals surface area contributed by atoms with Gasteiger partial charge >= 0.3 is 0 Å². The standard InChI is InChI=1S/C43H52/c1-28-23-25-31(26-24-28)41(8,30-18-12-13-19-30)43(10)37-34-27-29-17-11-14-20-32(29)36(34)33-21-15-16-22-35(33)42(37,9)39(4,5)38(2,3)40(43,6)7/h11-15,17-21,23-26,30,35H,16,22,27H2,1-10H3. The molecule has 4 atom stereocenters. The van der Waals surface area contributed by atoms with Crippen molar-refractivity contribution in [3.05, 3.63) is 124 Å². The van der Waals surface area contributed by atoms with E-state index in [4.69, 9.17) is 0 Å². The molecule has 224 valence electrons. The molecule has 0 spiro atoms. The fourth-order valence-electron chi connectivity index (χ4n) is 11.4. The summed E-state index contributed by atoms with van der Waals surface area (Å²) in [6, 6.07) is 18.9. The molecule has 7 rings (SSSR count). The molecule has 0 amide bonds. The van der Waals surface area contributed by atoms with Gasteiger partial charge in [-0.25, -0.2) is 0 Å². The maximum Gasteiger partial charge on any atom is 0.0119 e.